The van der Waals surface area contributed by atoms with Gasteiger partial charge in [-0.1, -0.05) is 50.9 Å². The smallest absolute Gasteiger partial charge is 0.234 e. The molecule has 0 spiro atoms. The van der Waals surface area contributed by atoms with Crippen molar-refractivity contribution in [2.45, 2.75) is 5.16 Å². The van der Waals surface area contributed by atoms with Crippen LogP contribution in [0.15, 0.2) is 46.0 Å². The van der Waals surface area contributed by atoms with E-state index in [0.717, 1.165) is 4.47 Å². The Hall–Kier alpha value is -1.74. The molecule has 0 aliphatic rings. The molecule has 27 heavy (non-hydrogen) atoms. The van der Waals surface area contributed by atoms with E-state index in [4.69, 9.17) is 23.2 Å². The van der Waals surface area contributed by atoms with Crippen molar-refractivity contribution in [1.82, 2.24) is 14.8 Å². The molecule has 0 radical (unpaired) electrons. The molecular weight excluding hydrogens is 475 g/mol. The lowest BCUT2D eigenvalue weighted by Gasteiger charge is -2.08. The molecule has 1 aromatic heterocycles. The van der Waals surface area contributed by atoms with Gasteiger partial charge in [0.15, 0.2) is 11.0 Å². The second-order valence-electron chi connectivity index (χ2n) is 5.49. The van der Waals surface area contributed by atoms with Crippen LogP contribution in [0.3, 0.4) is 0 Å². The maximum absolute atomic E-state index is 12.2. The van der Waals surface area contributed by atoms with Crippen molar-refractivity contribution in [3.63, 3.8) is 0 Å². The monoisotopic (exact) mass is 486 g/mol. The zero-order valence-corrected chi connectivity index (χ0v) is 17.8. The Morgan fingerprint density at radius 3 is 2.78 bits per heavy atom. The van der Waals surface area contributed by atoms with Crippen LogP contribution in [0.1, 0.15) is 0 Å². The van der Waals surface area contributed by atoms with E-state index in [1.807, 2.05) is 0 Å². The zero-order chi connectivity index (χ0) is 19.6. The first-order chi connectivity index (χ1) is 12.8. The van der Waals surface area contributed by atoms with E-state index in [1.54, 1.807) is 48.0 Å². The van der Waals surface area contributed by atoms with Gasteiger partial charge >= 0.3 is 0 Å². The van der Waals surface area contributed by atoms with Gasteiger partial charge in [0.25, 0.3) is 0 Å². The maximum atomic E-state index is 12.2. The number of phenols is 1. The summed E-state index contributed by atoms with van der Waals surface area (Å²) in [7, 11) is 1.77. The number of carbonyl (C=O) groups excluding carboxylic acids is 1. The van der Waals surface area contributed by atoms with E-state index in [9.17, 15) is 9.90 Å². The molecule has 0 bridgehead atoms. The summed E-state index contributed by atoms with van der Waals surface area (Å²) >= 11 is 16.5. The van der Waals surface area contributed by atoms with Crippen LogP contribution in [0.25, 0.3) is 11.4 Å². The van der Waals surface area contributed by atoms with Crippen molar-refractivity contribution >= 4 is 62.5 Å². The largest absolute Gasteiger partial charge is 0.507 e. The highest BCUT2D eigenvalue weighted by atomic mass is 79.9. The van der Waals surface area contributed by atoms with Crippen LogP contribution >= 0.6 is 50.9 Å². The fourth-order valence-electron chi connectivity index (χ4n) is 2.27. The molecular formula is C17H13BrCl2N4O2S. The number of thioether (sulfide) groups is 1. The molecule has 2 aromatic carbocycles. The first-order valence-corrected chi connectivity index (χ1v) is 10.1. The van der Waals surface area contributed by atoms with Crippen LogP contribution in [0.4, 0.5) is 5.69 Å². The standard InChI is InChI=1S/C17H13BrCl2N4O2S/c1-24-16(11-6-9(18)2-5-14(11)25)22-23-17(24)27-8-15(26)21-13-4-3-10(19)7-12(13)20/h2-7,25H,8H2,1H3,(H,21,26). The molecule has 0 unspecified atom stereocenters. The number of aromatic hydroxyl groups is 1. The van der Waals surface area contributed by atoms with Gasteiger partial charge in [0, 0.05) is 16.5 Å². The van der Waals surface area contributed by atoms with Crippen molar-refractivity contribution in [2.75, 3.05) is 11.1 Å². The Balaban J connectivity index is 1.69. The summed E-state index contributed by atoms with van der Waals surface area (Å²) in [6, 6.07) is 9.91. The zero-order valence-electron chi connectivity index (χ0n) is 13.9. The lowest BCUT2D eigenvalue weighted by Crippen LogP contribution is -2.14. The molecule has 0 aliphatic carbocycles. The molecule has 10 heteroatoms. The normalized spacial score (nSPS) is 10.8. The summed E-state index contributed by atoms with van der Waals surface area (Å²) in [5, 5.41) is 22.4. The van der Waals surface area contributed by atoms with E-state index in [2.05, 4.69) is 31.4 Å². The second-order valence-corrected chi connectivity index (χ2v) is 8.19. The number of halogens is 3. The lowest BCUT2D eigenvalue weighted by molar-refractivity contribution is -0.113. The highest BCUT2D eigenvalue weighted by Crippen LogP contribution is 2.32. The number of rotatable bonds is 5. The van der Waals surface area contributed by atoms with Gasteiger partial charge in [-0.3, -0.25) is 4.79 Å². The van der Waals surface area contributed by atoms with E-state index in [-0.39, 0.29) is 17.4 Å². The maximum Gasteiger partial charge on any atom is 0.234 e. The van der Waals surface area contributed by atoms with Crippen LogP contribution < -0.4 is 5.32 Å². The molecule has 0 atom stereocenters. The van der Waals surface area contributed by atoms with Gasteiger partial charge < -0.3 is 15.0 Å². The Labute approximate surface area is 178 Å². The molecule has 0 saturated heterocycles. The number of carbonyl (C=O) groups is 1. The Morgan fingerprint density at radius 2 is 2.04 bits per heavy atom. The molecule has 2 N–H and O–H groups in total. The van der Waals surface area contributed by atoms with Crippen LogP contribution in [0.2, 0.25) is 10.0 Å². The third kappa shape index (κ3) is 4.76. The quantitative estimate of drug-likeness (QED) is 0.495. The summed E-state index contributed by atoms with van der Waals surface area (Å²) in [5.74, 6) is 0.479. The minimum absolute atomic E-state index is 0.0976. The summed E-state index contributed by atoms with van der Waals surface area (Å²) in [4.78, 5) is 12.2. The fraction of sp³-hybridized carbons (Fsp3) is 0.118. The lowest BCUT2D eigenvalue weighted by atomic mass is 10.2. The third-order valence-electron chi connectivity index (χ3n) is 3.57. The highest BCUT2D eigenvalue weighted by Gasteiger charge is 2.16. The summed E-state index contributed by atoms with van der Waals surface area (Å²) in [6.07, 6.45) is 0. The molecule has 0 aliphatic heterocycles. The topological polar surface area (TPSA) is 80.0 Å². The van der Waals surface area contributed by atoms with Gasteiger partial charge in [-0.2, -0.15) is 0 Å². The van der Waals surface area contributed by atoms with Crippen molar-refractivity contribution < 1.29 is 9.90 Å². The predicted molar refractivity (Wildman–Crippen MR) is 112 cm³/mol. The summed E-state index contributed by atoms with van der Waals surface area (Å²) in [6.45, 7) is 0. The Morgan fingerprint density at radius 1 is 1.26 bits per heavy atom. The van der Waals surface area contributed by atoms with Crippen molar-refractivity contribution in [3.8, 4) is 17.1 Å². The van der Waals surface area contributed by atoms with Crippen LogP contribution in [0.5, 0.6) is 5.75 Å². The Kier molecular flexibility index (Phi) is 6.31. The number of nitrogens with one attached hydrogen (secondary N) is 1. The van der Waals surface area contributed by atoms with Crippen molar-refractivity contribution in [3.05, 3.63) is 50.9 Å². The molecule has 1 heterocycles. The molecule has 0 saturated carbocycles. The number of aromatic nitrogens is 3. The van der Waals surface area contributed by atoms with E-state index >= 15 is 0 Å². The first-order valence-electron chi connectivity index (χ1n) is 7.61. The molecule has 1 amide bonds. The van der Waals surface area contributed by atoms with Gasteiger partial charge in [-0.05, 0) is 36.4 Å². The van der Waals surface area contributed by atoms with E-state index < -0.39 is 0 Å². The second kappa shape index (κ2) is 8.52. The average Bonchev–Trinajstić information content (AvgIpc) is 2.98. The van der Waals surface area contributed by atoms with Crippen molar-refractivity contribution in [1.29, 1.82) is 0 Å². The number of hydrogen-bond acceptors (Lipinski definition) is 5. The van der Waals surface area contributed by atoms with Gasteiger partial charge in [0.1, 0.15) is 5.75 Å². The van der Waals surface area contributed by atoms with Gasteiger partial charge in [-0.25, -0.2) is 0 Å². The molecule has 3 rings (SSSR count). The Bertz CT molecular complexity index is 1010. The molecule has 3 aromatic rings. The molecule has 6 nitrogen and oxygen atoms in total. The fourth-order valence-corrected chi connectivity index (χ4v) is 3.80. The highest BCUT2D eigenvalue weighted by molar-refractivity contribution is 9.10. The minimum atomic E-state index is -0.237. The number of hydrogen-bond donors (Lipinski definition) is 2. The average molecular weight is 488 g/mol. The number of phenolic OH excluding ortho intramolecular Hbond substituents is 1. The van der Waals surface area contributed by atoms with E-state index in [1.165, 1.54) is 11.8 Å². The van der Waals surface area contributed by atoms with Gasteiger partial charge in [0.05, 0.1) is 22.0 Å². The molecule has 0 fully saturated rings. The summed E-state index contributed by atoms with van der Waals surface area (Å²) < 4.78 is 2.53. The van der Waals surface area contributed by atoms with Crippen LogP contribution in [-0.2, 0) is 11.8 Å². The molecule has 140 valence electrons. The number of nitrogens with zero attached hydrogens (tertiary/aromatic N) is 3. The first kappa shape index (κ1) is 20.0. The van der Waals surface area contributed by atoms with E-state index in [0.29, 0.717) is 32.3 Å². The van der Waals surface area contributed by atoms with Crippen LogP contribution in [0, 0.1) is 0 Å². The SMILES string of the molecule is Cn1c(SCC(=O)Nc2ccc(Cl)cc2Cl)nnc1-c1cc(Br)ccc1O. The third-order valence-corrected chi connectivity index (χ3v) is 5.63. The van der Waals surface area contributed by atoms with Gasteiger partial charge in [0.2, 0.25) is 5.91 Å². The van der Waals surface area contributed by atoms with Crippen LogP contribution in [-0.4, -0.2) is 31.5 Å². The predicted octanol–water partition coefficient (Wildman–Crippen LogP) is 4.99. The minimum Gasteiger partial charge on any atom is -0.507 e. The van der Waals surface area contributed by atoms with Crippen molar-refractivity contribution in [2.24, 2.45) is 7.05 Å². The van der Waals surface area contributed by atoms with Gasteiger partial charge in [-0.15, -0.1) is 10.2 Å². The number of benzene rings is 2. The summed E-state index contributed by atoms with van der Waals surface area (Å²) in [5.41, 5.74) is 1.04. The number of amides is 1. The number of anilines is 1.